The lowest BCUT2D eigenvalue weighted by atomic mass is 10.0. The number of ether oxygens (including phenoxy) is 3. The van der Waals surface area contributed by atoms with E-state index in [0.717, 1.165) is 103 Å². The second-order valence-electron chi connectivity index (χ2n) is 21.0. The molecule has 0 aliphatic heterocycles. The Balaban J connectivity index is 4.28. The molecular weight excluding hydrogens is 901 g/mol. The molecule has 0 saturated carbocycles. The van der Waals surface area contributed by atoms with Crippen LogP contribution in [0.25, 0.3) is 0 Å². The van der Waals surface area contributed by atoms with Crippen LogP contribution >= 0.6 is 0 Å². The molecule has 0 aliphatic carbocycles. The van der Waals surface area contributed by atoms with E-state index in [2.05, 4.69) is 93.7 Å². The zero-order valence-corrected chi connectivity index (χ0v) is 48.4. The van der Waals surface area contributed by atoms with Gasteiger partial charge in [-0.15, -0.1) is 0 Å². The van der Waals surface area contributed by atoms with Crippen molar-refractivity contribution in [2.24, 2.45) is 0 Å². The van der Waals surface area contributed by atoms with E-state index in [1.165, 1.54) is 173 Å². The summed E-state index contributed by atoms with van der Waals surface area (Å²) in [5.41, 5.74) is 0. The van der Waals surface area contributed by atoms with Crippen molar-refractivity contribution in [2.75, 3.05) is 13.2 Å². The second kappa shape index (κ2) is 61.4. The molecule has 0 N–H and O–H groups in total. The predicted octanol–water partition coefficient (Wildman–Crippen LogP) is 21.3. The fraction of sp³-hybridized carbons (Fsp3) is 0.776. The number of unbranched alkanes of at least 4 members (excludes halogenated alkanes) is 34. The molecule has 0 fully saturated rings. The summed E-state index contributed by atoms with van der Waals surface area (Å²) in [6.45, 7) is 6.54. The fourth-order valence-electron chi connectivity index (χ4n) is 9.04. The maximum absolute atomic E-state index is 12.9. The van der Waals surface area contributed by atoms with Crippen molar-refractivity contribution < 1.29 is 28.6 Å². The van der Waals surface area contributed by atoms with Gasteiger partial charge in [-0.05, 0) is 70.6 Å². The molecule has 422 valence electrons. The molecule has 0 aromatic carbocycles. The van der Waals surface area contributed by atoms with Crippen LogP contribution in [-0.2, 0) is 28.6 Å². The number of allylic oxidation sites excluding steroid dienone is 12. The number of carbonyl (C=O) groups excluding carboxylic acids is 3. The number of hydrogen-bond acceptors (Lipinski definition) is 6. The zero-order valence-electron chi connectivity index (χ0n) is 48.4. The quantitative estimate of drug-likeness (QED) is 0.0261. The van der Waals surface area contributed by atoms with Crippen LogP contribution < -0.4 is 0 Å². The minimum absolute atomic E-state index is 0.0760. The average Bonchev–Trinajstić information content (AvgIpc) is 3.39. The van der Waals surface area contributed by atoms with Crippen LogP contribution in [0.2, 0.25) is 0 Å². The summed E-state index contributed by atoms with van der Waals surface area (Å²) in [7, 11) is 0. The third-order valence-electron chi connectivity index (χ3n) is 13.7. The largest absolute Gasteiger partial charge is 0.462 e. The van der Waals surface area contributed by atoms with E-state index in [9.17, 15) is 14.4 Å². The van der Waals surface area contributed by atoms with E-state index in [1.807, 2.05) is 0 Å². The third kappa shape index (κ3) is 59.6. The smallest absolute Gasteiger partial charge is 0.306 e. The lowest BCUT2D eigenvalue weighted by Gasteiger charge is -2.18. The van der Waals surface area contributed by atoms with Gasteiger partial charge in [0, 0.05) is 19.3 Å². The first-order valence-electron chi connectivity index (χ1n) is 31.4. The summed E-state index contributed by atoms with van der Waals surface area (Å²) in [6, 6.07) is 0. The molecule has 1 atom stereocenters. The molecule has 0 bridgehead atoms. The molecule has 73 heavy (non-hydrogen) atoms. The normalized spacial score (nSPS) is 12.5. The Bertz CT molecular complexity index is 1360. The minimum atomic E-state index is -0.778. The van der Waals surface area contributed by atoms with E-state index < -0.39 is 6.10 Å². The monoisotopic (exact) mass is 1020 g/mol. The minimum Gasteiger partial charge on any atom is -0.462 e. The van der Waals surface area contributed by atoms with Crippen LogP contribution in [0, 0.1) is 0 Å². The first kappa shape index (κ1) is 69.8. The molecule has 0 rings (SSSR count). The highest BCUT2D eigenvalue weighted by Gasteiger charge is 2.19. The van der Waals surface area contributed by atoms with Gasteiger partial charge in [0.1, 0.15) is 13.2 Å². The molecule has 0 aromatic heterocycles. The second-order valence-corrected chi connectivity index (χ2v) is 21.0. The summed E-state index contributed by atoms with van der Waals surface area (Å²) in [6.07, 6.45) is 79.1. The van der Waals surface area contributed by atoms with Gasteiger partial charge in [0.2, 0.25) is 0 Å². The van der Waals surface area contributed by atoms with E-state index in [-0.39, 0.29) is 31.1 Å². The van der Waals surface area contributed by atoms with Gasteiger partial charge in [0.05, 0.1) is 0 Å². The lowest BCUT2D eigenvalue weighted by Crippen LogP contribution is -2.30. The van der Waals surface area contributed by atoms with Crippen LogP contribution in [0.3, 0.4) is 0 Å². The number of carbonyl (C=O) groups is 3. The van der Waals surface area contributed by atoms with Crippen molar-refractivity contribution in [3.8, 4) is 0 Å². The third-order valence-corrected chi connectivity index (χ3v) is 13.7. The van der Waals surface area contributed by atoms with Crippen LogP contribution in [0.4, 0.5) is 0 Å². The molecule has 0 heterocycles. The molecule has 6 nitrogen and oxygen atoms in total. The molecule has 1 unspecified atom stereocenters. The Labute approximate surface area is 453 Å². The SMILES string of the molecule is CC/C=C\C/C=C\C/C=C\C/C=C\C/C=C\C/C=C\CCCCCCCCC(=O)OCC(COC(=O)CCCCCCCCCCCC)OC(=O)CCCCCCCCCCCCCCCCCCCCCC. The lowest BCUT2D eigenvalue weighted by molar-refractivity contribution is -0.167. The summed E-state index contributed by atoms with van der Waals surface area (Å²) >= 11 is 0. The van der Waals surface area contributed by atoms with Crippen molar-refractivity contribution in [1.82, 2.24) is 0 Å². The molecule has 0 spiro atoms. The maximum Gasteiger partial charge on any atom is 0.306 e. The molecule has 0 saturated heterocycles. The average molecular weight is 1020 g/mol. The van der Waals surface area contributed by atoms with Crippen LogP contribution in [-0.4, -0.2) is 37.2 Å². The Hall–Kier alpha value is -3.15. The molecule has 0 aromatic rings. The van der Waals surface area contributed by atoms with Gasteiger partial charge in [-0.25, -0.2) is 0 Å². The fourth-order valence-corrected chi connectivity index (χ4v) is 9.04. The Kier molecular flexibility index (Phi) is 58.7. The van der Waals surface area contributed by atoms with Gasteiger partial charge in [-0.2, -0.15) is 0 Å². The highest BCUT2D eigenvalue weighted by molar-refractivity contribution is 5.71. The summed E-state index contributed by atoms with van der Waals surface area (Å²) in [4.78, 5) is 38.2. The Morgan fingerprint density at radius 2 is 0.534 bits per heavy atom. The first-order valence-corrected chi connectivity index (χ1v) is 31.4. The first-order chi connectivity index (χ1) is 36.0. The van der Waals surface area contributed by atoms with Gasteiger partial charge >= 0.3 is 17.9 Å². The van der Waals surface area contributed by atoms with Crippen LogP contribution in [0.15, 0.2) is 72.9 Å². The molecule has 0 amide bonds. The summed E-state index contributed by atoms with van der Waals surface area (Å²) in [5, 5.41) is 0. The summed E-state index contributed by atoms with van der Waals surface area (Å²) in [5.74, 6) is -0.877. The van der Waals surface area contributed by atoms with E-state index in [1.54, 1.807) is 0 Å². The Morgan fingerprint density at radius 3 is 0.836 bits per heavy atom. The molecular formula is C67H118O6. The maximum atomic E-state index is 12.9. The summed E-state index contributed by atoms with van der Waals surface area (Å²) < 4.78 is 16.9. The van der Waals surface area contributed by atoms with Crippen LogP contribution in [0.5, 0.6) is 0 Å². The topological polar surface area (TPSA) is 78.9 Å². The van der Waals surface area contributed by atoms with Gasteiger partial charge in [-0.1, -0.05) is 299 Å². The standard InChI is InChI=1S/C67H118O6/c1-4-7-10-13-16-19-22-24-26-28-30-32-33-34-35-36-38-39-41-43-45-48-51-54-57-60-66(69)72-63-64(62-71-65(68)59-56-53-50-47-21-18-15-12-9-6-3)73-67(70)61-58-55-52-49-46-44-42-40-37-31-29-27-25-23-20-17-14-11-8-5-2/h7,10,16,19,24,26,30,32,34-35,38-39,64H,4-6,8-9,11-15,17-18,20-23,25,27-29,31,33,36-37,40-63H2,1-3H3/b10-7-,19-16-,26-24-,32-30-,35-34-,39-38-. The highest BCUT2D eigenvalue weighted by Crippen LogP contribution is 2.17. The van der Waals surface area contributed by atoms with Gasteiger partial charge in [0.25, 0.3) is 0 Å². The van der Waals surface area contributed by atoms with Crippen molar-refractivity contribution in [3.05, 3.63) is 72.9 Å². The Morgan fingerprint density at radius 1 is 0.288 bits per heavy atom. The van der Waals surface area contributed by atoms with Crippen LogP contribution in [0.1, 0.15) is 316 Å². The van der Waals surface area contributed by atoms with Gasteiger partial charge in [0.15, 0.2) is 6.10 Å². The van der Waals surface area contributed by atoms with Crippen molar-refractivity contribution in [3.63, 3.8) is 0 Å². The predicted molar refractivity (Wildman–Crippen MR) is 316 cm³/mol. The van der Waals surface area contributed by atoms with E-state index >= 15 is 0 Å². The van der Waals surface area contributed by atoms with E-state index in [4.69, 9.17) is 14.2 Å². The van der Waals surface area contributed by atoms with E-state index in [0.29, 0.717) is 19.3 Å². The molecule has 0 aliphatic rings. The van der Waals surface area contributed by atoms with Gasteiger partial charge in [-0.3, -0.25) is 14.4 Å². The highest BCUT2D eigenvalue weighted by atomic mass is 16.6. The number of rotatable bonds is 57. The zero-order chi connectivity index (χ0) is 52.9. The number of hydrogen-bond donors (Lipinski definition) is 0. The molecule has 0 radical (unpaired) electrons. The number of esters is 3. The molecule has 6 heteroatoms. The van der Waals surface area contributed by atoms with Crippen molar-refractivity contribution in [2.45, 2.75) is 322 Å². The van der Waals surface area contributed by atoms with Gasteiger partial charge < -0.3 is 14.2 Å². The van der Waals surface area contributed by atoms with Crippen molar-refractivity contribution in [1.29, 1.82) is 0 Å². The van der Waals surface area contributed by atoms with Crippen molar-refractivity contribution >= 4 is 17.9 Å².